The Balaban J connectivity index is 2.21. The van der Waals surface area contributed by atoms with Crippen LogP contribution >= 0.6 is 11.3 Å². The van der Waals surface area contributed by atoms with Gasteiger partial charge in [0.1, 0.15) is 9.90 Å². The molecule has 0 spiro atoms. The van der Waals surface area contributed by atoms with E-state index in [0.717, 1.165) is 5.01 Å². The van der Waals surface area contributed by atoms with Crippen molar-refractivity contribution in [3.8, 4) is 0 Å². The first-order valence-electron chi connectivity index (χ1n) is 5.61. The van der Waals surface area contributed by atoms with Crippen LogP contribution in [0.5, 0.6) is 0 Å². The van der Waals surface area contributed by atoms with Crippen LogP contribution in [0.4, 0.5) is 0 Å². The van der Waals surface area contributed by atoms with Gasteiger partial charge in [-0.15, -0.1) is 11.3 Å². The van der Waals surface area contributed by atoms with Crippen LogP contribution in [-0.4, -0.2) is 30.6 Å². The summed E-state index contributed by atoms with van der Waals surface area (Å²) in [5, 5.41) is 12.1. The van der Waals surface area contributed by atoms with Crippen molar-refractivity contribution in [2.75, 3.05) is 7.05 Å². The highest BCUT2D eigenvalue weighted by Gasteiger charge is 2.23. The second-order valence-corrected chi connectivity index (χ2v) is 6.59. The normalized spacial score (nSPS) is 11.9. The van der Waals surface area contributed by atoms with Crippen molar-refractivity contribution in [3.63, 3.8) is 0 Å². The van der Waals surface area contributed by atoms with Gasteiger partial charge < -0.3 is 5.32 Å². The zero-order valence-corrected chi connectivity index (χ0v) is 12.2. The molecule has 0 radical (unpaired) electrons. The molecule has 3 N–H and O–H groups in total. The molecule has 0 saturated carbocycles. The minimum atomic E-state index is -3.59. The van der Waals surface area contributed by atoms with E-state index in [0.29, 0.717) is 17.9 Å². The van der Waals surface area contributed by atoms with Crippen molar-refractivity contribution >= 4 is 21.4 Å². The van der Waals surface area contributed by atoms with Gasteiger partial charge in [-0.25, -0.2) is 18.1 Å². The van der Waals surface area contributed by atoms with Gasteiger partial charge in [0.15, 0.2) is 0 Å². The standard InChI is InChI=1S/C10H15N5O2S2/c1-7-10(8(5-11-2)15-14-7)19(16,17)13-6-9-12-3-4-18-9/h3-4,11,13H,5-6H2,1-2H3,(H,14,15). The molecule has 2 aromatic rings. The summed E-state index contributed by atoms with van der Waals surface area (Å²) in [5.74, 6) is 0. The highest BCUT2D eigenvalue weighted by atomic mass is 32.2. The molecular weight excluding hydrogens is 286 g/mol. The second-order valence-electron chi connectivity index (χ2n) is 3.91. The average molecular weight is 301 g/mol. The van der Waals surface area contributed by atoms with Crippen molar-refractivity contribution < 1.29 is 8.42 Å². The van der Waals surface area contributed by atoms with Gasteiger partial charge in [-0.1, -0.05) is 0 Å². The summed E-state index contributed by atoms with van der Waals surface area (Å²) in [7, 11) is -1.85. The molecule has 0 amide bonds. The largest absolute Gasteiger partial charge is 0.314 e. The number of sulfonamides is 1. The zero-order chi connectivity index (χ0) is 13.9. The van der Waals surface area contributed by atoms with Crippen LogP contribution < -0.4 is 10.0 Å². The molecule has 0 saturated heterocycles. The Morgan fingerprint density at radius 2 is 2.21 bits per heavy atom. The van der Waals surface area contributed by atoms with E-state index in [4.69, 9.17) is 0 Å². The van der Waals surface area contributed by atoms with Crippen molar-refractivity contribution in [2.24, 2.45) is 0 Å². The zero-order valence-electron chi connectivity index (χ0n) is 10.6. The number of H-pyrrole nitrogens is 1. The maximum absolute atomic E-state index is 12.3. The van der Waals surface area contributed by atoms with E-state index >= 15 is 0 Å². The highest BCUT2D eigenvalue weighted by Crippen LogP contribution is 2.18. The van der Waals surface area contributed by atoms with Gasteiger partial charge in [-0.2, -0.15) is 5.10 Å². The van der Waals surface area contributed by atoms with E-state index < -0.39 is 10.0 Å². The molecular formula is C10H15N5O2S2. The Kier molecular flexibility index (Phi) is 4.30. The quantitative estimate of drug-likeness (QED) is 0.716. The lowest BCUT2D eigenvalue weighted by atomic mass is 10.4. The fraction of sp³-hybridized carbons (Fsp3) is 0.400. The molecule has 7 nitrogen and oxygen atoms in total. The van der Waals surface area contributed by atoms with E-state index in [1.807, 2.05) is 0 Å². The fourth-order valence-corrected chi connectivity index (χ4v) is 3.68. The number of aromatic nitrogens is 3. The molecule has 0 aliphatic rings. The minimum absolute atomic E-state index is 0.184. The SMILES string of the molecule is CNCc1n[nH]c(C)c1S(=O)(=O)NCc1nccs1. The first kappa shape index (κ1) is 14.1. The molecule has 19 heavy (non-hydrogen) atoms. The summed E-state index contributed by atoms with van der Waals surface area (Å²) in [6.07, 6.45) is 1.64. The third kappa shape index (κ3) is 3.18. The topological polar surface area (TPSA) is 99.8 Å². The Hall–Kier alpha value is -1.29. The number of hydrogen-bond donors (Lipinski definition) is 3. The first-order chi connectivity index (χ1) is 9.04. The molecule has 0 aromatic carbocycles. The van der Waals surface area contributed by atoms with Gasteiger partial charge in [-0.05, 0) is 14.0 Å². The summed E-state index contributed by atoms with van der Waals surface area (Å²) in [6, 6.07) is 0. The summed E-state index contributed by atoms with van der Waals surface area (Å²) in [6.45, 7) is 2.26. The van der Waals surface area contributed by atoms with Gasteiger partial charge in [0, 0.05) is 18.1 Å². The van der Waals surface area contributed by atoms with E-state index in [1.54, 1.807) is 25.5 Å². The second kappa shape index (κ2) is 5.78. The number of rotatable bonds is 6. The molecule has 104 valence electrons. The number of nitrogens with zero attached hydrogens (tertiary/aromatic N) is 2. The first-order valence-corrected chi connectivity index (χ1v) is 7.97. The van der Waals surface area contributed by atoms with Crippen molar-refractivity contribution in [3.05, 3.63) is 28.0 Å². The Bertz CT molecular complexity index is 633. The van der Waals surface area contributed by atoms with E-state index in [2.05, 4.69) is 25.2 Å². The lowest BCUT2D eigenvalue weighted by Gasteiger charge is -2.06. The van der Waals surface area contributed by atoms with Crippen LogP contribution in [0.25, 0.3) is 0 Å². The molecule has 0 atom stereocenters. The van der Waals surface area contributed by atoms with Gasteiger partial charge >= 0.3 is 0 Å². The molecule has 0 fully saturated rings. The summed E-state index contributed by atoms with van der Waals surface area (Å²) in [4.78, 5) is 4.24. The van der Waals surface area contributed by atoms with Crippen LogP contribution in [-0.2, 0) is 23.1 Å². The number of hydrogen-bond acceptors (Lipinski definition) is 6. The van der Waals surface area contributed by atoms with E-state index in [1.165, 1.54) is 11.3 Å². The predicted octanol–water partition coefficient (Wildman–Crippen LogP) is 0.373. The third-order valence-electron chi connectivity index (χ3n) is 2.47. The van der Waals surface area contributed by atoms with Gasteiger partial charge in [0.2, 0.25) is 10.0 Å². The maximum atomic E-state index is 12.3. The van der Waals surface area contributed by atoms with Gasteiger partial charge in [0.25, 0.3) is 0 Å². The summed E-state index contributed by atoms with van der Waals surface area (Å²) < 4.78 is 27.1. The van der Waals surface area contributed by atoms with Gasteiger partial charge in [0.05, 0.1) is 17.9 Å². The molecule has 2 rings (SSSR count). The number of aryl methyl sites for hydroxylation is 1. The van der Waals surface area contributed by atoms with Crippen molar-refractivity contribution in [1.29, 1.82) is 0 Å². The summed E-state index contributed by atoms with van der Waals surface area (Å²) >= 11 is 1.41. The lowest BCUT2D eigenvalue weighted by molar-refractivity contribution is 0.578. The molecule has 0 aliphatic heterocycles. The molecule has 9 heteroatoms. The van der Waals surface area contributed by atoms with Gasteiger partial charge in [-0.3, -0.25) is 5.10 Å². The molecule has 2 heterocycles. The average Bonchev–Trinajstić information content (AvgIpc) is 2.97. The Morgan fingerprint density at radius 3 is 2.84 bits per heavy atom. The number of thiazole rings is 1. The van der Waals surface area contributed by atoms with E-state index in [9.17, 15) is 8.42 Å². The molecule has 0 aliphatic carbocycles. The monoisotopic (exact) mass is 301 g/mol. The van der Waals surface area contributed by atoms with E-state index in [-0.39, 0.29) is 11.4 Å². The highest BCUT2D eigenvalue weighted by molar-refractivity contribution is 7.89. The minimum Gasteiger partial charge on any atom is -0.314 e. The smallest absolute Gasteiger partial charge is 0.244 e. The molecule has 0 bridgehead atoms. The van der Waals surface area contributed by atoms with Crippen LogP contribution in [0, 0.1) is 6.92 Å². The predicted molar refractivity (Wildman–Crippen MR) is 72.2 cm³/mol. The van der Waals surface area contributed by atoms with Crippen molar-refractivity contribution in [1.82, 2.24) is 25.2 Å². The maximum Gasteiger partial charge on any atom is 0.244 e. The number of aromatic amines is 1. The Labute approximate surface area is 115 Å². The van der Waals surface area contributed by atoms with Crippen LogP contribution in [0.3, 0.4) is 0 Å². The van der Waals surface area contributed by atoms with Crippen LogP contribution in [0.15, 0.2) is 16.5 Å². The number of nitrogens with one attached hydrogen (secondary N) is 3. The van der Waals surface area contributed by atoms with Crippen LogP contribution in [0.1, 0.15) is 16.4 Å². The molecule has 2 aromatic heterocycles. The fourth-order valence-electron chi connectivity index (χ4n) is 1.68. The molecule has 0 unspecified atom stereocenters. The third-order valence-corrected chi connectivity index (χ3v) is 4.85. The lowest BCUT2D eigenvalue weighted by Crippen LogP contribution is -2.25. The van der Waals surface area contributed by atoms with Crippen molar-refractivity contribution in [2.45, 2.75) is 24.9 Å². The van der Waals surface area contributed by atoms with Crippen LogP contribution in [0.2, 0.25) is 0 Å². The Morgan fingerprint density at radius 1 is 1.42 bits per heavy atom. The summed E-state index contributed by atoms with van der Waals surface area (Å²) in [5.41, 5.74) is 1.00.